The molecular formula is C20H29FN2O4. The second-order valence-corrected chi connectivity index (χ2v) is 7.52. The number of nitrogens with one attached hydrogen (secondary N) is 1. The van der Waals surface area contributed by atoms with E-state index in [1.54, 1.807) is 6.07 Å². The van der Waals surface area contributed by atoms with Gasteiger partial charge in [0, 0.05) is 25.0 Å². The number of carbonyl (C=O) groups excluding carboxylic acids is 1. The van der Waals surface area contributed by atoms with Crippen LogP contribution in [0, 0.1) is 11.7 Å². The van der Waals surface area contributed by atoms with Gasteiger partial charge < -0.3 is 20.4 Å². The van der Waals surface area contributed by atoms with E-state index in [4.69, 9.17) is 9.90 Å². The van der Waals surface area contributed by atoms with Crippen LogP contribution >= 0.6 is 0 Å². The fraction of sp³-hybridized carbons (Fsp3) is 0.600. The number of benzene rings is 1. The van der Waals surface area contributed by atoms with Gasteiger partial charge in [0.05, 0.1) is 12.0 Å². The van der Waals surface area contributed by atoms with Crippen LogP contribution in [-0.4, -0.2) is 60.3 Å². The van der Waals surface area contributed by atoms with Crippen molar-refractivity contribution in [1.29, 1.82) is 0 Å². The number of aliphatic hydroxyl groups excluding tert-OH is 1. The number of amides is 1. The highest BCUT2D eigenvalue weighted by molar-refractivity contribution is 5.79. The summed E-state index contributed by atoms with van der Waals surface area (Å²) in [5, 5.41) is 20.0. The molecule has 3 N–H and O–H groups in total. The van der Waals surface area contributed by atoms with Gasteiger partial charge in [-0.1, -0.05) is 31.0 Å². The molecule has 1 heterocycles. The van der Waals surface area contributed by atoms with Crippen LogP contribution in [0.4, 0.5) is 4.39 Å². The summed E-state index contributed by atoms with van der Waals surface area (Å²) in [4.78, 5) is 23.0. The molecule has 1 aromatic rings. The van der Waals surface area contributed by atoms with Crippen LogP contribution in [0.25, 0.3) is 0 Å². The van der Waals surface area contributed by atoms with E-state index in [0.29, 0.717) is 25.1 Å². The van der Waals surface area contributed by atoms with Crippen molar-refractivity contribution in [2.75, 3.05) is 26.7 Å². The largest absolute Gasteiger partial charge is 0.483 e. The molecule has 0 aromatic heterocycles. The lowest BCUT2D eigenvalue weighted by molar-refractivity contribution is -0.131. The smallest absolute Gasteiger partial charge is 0.290 e. The predicted molar refractivity (Wildman–Crippen MR) is 99.9 cm³/mol. The minimum absolute atomic E-state index is 0.114. The number of halogens is 1. The Hall–Kier alpha value is -1.99. The number of carbonyl (C=O) groups is 2. The van der Waals surface area contributed by atoms with Crippen LogP contribution in [0.2, 0.25) is 0 Å². The molecule has 1 saturated heterocycles. The minimum atomic E-state index is -0.589. The van der Waals surface area contributed by atoms with E-state index in [9.17, 15) is 14.3 Å². The standard InChI is InChI=1S/C19H27FN2O2.CH2O2/c1-22-11-8-17(23)14(12-22)18(24)21-13-19(9-4-5-10-19)15-6-2-3-7-16(15)20;2-1-3/h2-3,6-7,14,17,23H,4-5,8-13H2,1H3,(H,21,24);1H,(H,2,3)/t14-,17+;/m1./s1. The van der Waals surface area contributed by atoms with Gasteiger partial charge in [0.15, 0.2) is 0 Å². The van der Waals surface area contributed by atoms with Crippen LogP contribution in [0.1, 0.15) is 37.7 Å². The number of hydrogen-bond donors (Lipinski definition) is 3. The van der Waals surface area contributed by atoms with Gasteiger partial charge in [-0.2, -0.15) is 0 Å². The summed E-state index contributed by atoms with van der Waals surface area (Å²) in [7, 11) is 1.96. The lowest BCUT2D eigenvalue weighted by atomic mass is 9.78. The van der Waals surface area contributed by atoms with Gasteiger partial charge in [-0.3, -0.25) is 9.59 Å². The number of piperidine rings is 1. The van der Waals surface area contributed by atoms with Crippen molar-refractivity contribution in [3.63, 3.8) is 0 Å². The Kier molecular flexibility index (Phi) is 7.74. The van der Waals surface area contributed by atoms with Crippen molar-refractivity contribution >= 4 is 12.4 Å². The molecule has 27 heavy (non-hydrogen) atoms. The molecule has 0 radical (unpaired) electrons. The topological polar surface area (TPSA) is 89.9 Å². The van der Waals surface area contributed by atoms with Gasteiger partial charge in [0.1, 0.15) is 5.82 Å². The third-order valence-electron chi connectivity index (χ3n) is 5.72. The summed E-state index contributed by atoms with van der Waals surface area (Å²) in [5.41, 5.74) is 0.399. The average molecular weight is 380 g/mol. The summed E-state index contributed by atoms with van der Waals surface area (Å²) >= 11 is 0. The van der Waals surface area contributed by atoms with Gasteiger partial charge in [-0.15, -0.1) is 0 Å². The summed E-state index contributed by atoms with van der Waals surface area (Å²) in [6.45, 7) is 1.57. The zero-order valence-corrected chi connectivity index (χ0v) is 15.7. The second-order valence-electron chi connectivity index (χ2n) is 7.52. The van der Waals surface area contributed by atoms with Crippen molar-refractivity contribution in [2.45, 2.75) is 43.6 Å². The maximum Gasteiger partial charge on any atom is 0.290 e. The Morgan fingerprint density at radius 2 is 2.00 bits per heavy atom. The van der Waals surface area contributed by atoms with Crippen molar-refractivity contribution in [1.82, 2.24) is 10.2 Å². The van der Waals surface area contributed by atoms with Crippen LogP contribution in [0.3, 0.4) is 0 Å². The van der Waals surface area contributed by atoms with E-state index in [1.807, 2.05) is 19.2 Å². The molecule has 6 nitrogen and oxygen atoms in total. The van der Waals surface area contributed by atoms with Gasteiger partial charge in [0.25, 0.3) is 6.47 Å². The van der Waals surface area contributed by atoms with Gasteiger partial charge in [0.2, 0.25) is 5.91 Å². The van der Waals surface area contributed by atoms with E-state index in [1.165, 1.54) is 6.07 Å². The molecule has 0 unspecified atom stereocenters. The molecule has 1 saturated carbocycles. The van der Waals surface area contributed by atoms with Gasteiger partial charge in [-0.05, 0) is 37.9 Å². The average Bonchev–Trinajstić information content (AvgIpc) is 3.13. The SMILES string of the molecule is CN1CC[C@H](O)[C@H](C(=O)NCC2(c3ccccc3F)CCCC2)C1.O=CO. The summed E-state index contributed by atoms with van der Waals surface area (Å²) in [6, 6.07) is 6.90. The Balaban J connectivity index is 0.000000817. The molecular weight excluding hydrogens is 351 g/mol. The third-order valence-corrected chi connectivity index (χ3v) is 5.72. The zero-order chi connectivity index (χ0) is 19.9. The molecule has 2 fully saturated rings. The molecule has 2 aliphatic rings. The van der Waals surface area contributed by atoms with E-state index >= 15 is 0 Å². The Labute approximate surface area is 159 Å². The highest BCUT2D eigenvalue weighted by atomic mass is 19.1. The monoisotopic (exact) mass is 380 g/mol. The van der Waals surface area contributed by atoms with Crippen LogP contribution in [0.5, 0.6) is 0 Å². The Morgan fingerprint density at radius 3 is 2.63 bits per heavy atom. The van der Waals surface area contributed by atoms with E-state index in [0.717, 1.165) is 32.2 Å². The molecule has 7 heteroatoms. The lowest BCUT2D eigenvalue weighted by Gasteiger charge is -2.35. The molecule has 1 aliphatic carbocycles. The molecule has 3 rings (SSSR count). The number of rotatable bonds is 4. The van der Waals surface area contributed by atoms with Crippen LogP contribution < -0.4 is 5.32 Å². The summed E-state index contributed by atoms with van der Waals surface area (Å²) in [5.74, 6) is -0.703. The molecule has 2 atom stereocenters. The number of aliphatic hydroxyl groups is 1. The van der Waals surface area contributed by atoms with Crippen molar-refractivity contribution in [2.24, 2.45) is 5.92 Å². The Morgan fingerprint density at radius 1 is 1.37 bits per heavy atom. The normalized spacial score (nSPS) is 24.6. The highest BCUT2D eigenvalue weighted by Crippen LogP contribution is 2.41. The molecule has 1 amide bonds. The third kappa shape index (κ3) is 5.26. The van der Waals surface area contributed by atoms with Crippen molar-refractivity contribution in [3.05, 3.63) is 35.6 Å². The van der Waals surface area contributed by atoms with Crippen LogP contribution in [0.15, 0.2) is 24.3 Å². The van der Waals surface area contributed by atoms with Crippen molar-refractivity contribution in [3.8, 4) is 0 Å². The first-order chi connectivity index (χ1) is 12.9. The van der Waals surface area contributed by atoms with E-state index in [-0.39, 0.29) is 23.6 Å². The molecule has 0 bridgehead atoms. The number of carboxylic acid groups (broad SMARTS) is 1. The number of nitrogens with zero attached hydrogens (tertiary/aromatic N) is 1. The first-order valence-electron chi connectivity index (χ1n) is 9.40. The van der Waals surface area contributed by atoms with E-state index in [2.05, 4.69) is 10.2 Å². The summed E-state index contributed by atoms with van der Waals surface area (Å²) in [6.07, 6.45) is 3.92. The maximum atomic E-state index is 14.3. The first kappa shape index (κ1) is 21.3. The maximum absolute atomic E-state index is 14.3. The fourth-order valence-electron chi connectivity index (χ4n) is 4.23. The van der Waals surface area contributed by atoms with Crippen LogP contribution in [-0.2, 0) is 15.0 Å². The molecule has 1 aliphatic heterocycles. The predicted octanol–water partition coefficient (Wildman–Crippen LogP) is 1.77. The first-order valence-corrected chi connectivity index (χ1v) is 9.40. The molecule has 0 spiro atoms. The number of hydrogen-bond acceptors (Lipinski definition) is 4. The Bertz CT molecular complexity index is 634. The summed E-state index contributed by atoms with van der Waals surface area (Å²) < 4.78 is 14.3. The van der Waals surface area contributed by atoms with Gasteiger partial charge in [-0.25, -0.2) is 4.39 Å². The lowest BCUT2D eigenvalue weighted by Crippen LogP contribution is -2.50. The highest BCUT2D eigenvalue weighted by Gasteiger charge is 2.39. The van der Waals surface area contributed by atoms with E-state index < -0.39 is 12.0 Å². The second kappa shape index (κ2) is 9.80. The van der Waals surface area contributed by atoms with Crippen molar-refractivity contribution < 1.29 is 24.2 Å². The zero-order valence-electron chi connectivity index (χ0n) is 15.7. The fourth-order valence-corrected chi connectivity index (χ4v) is 4.23. The molecule has 1 aromatic carbocycles. The quantitative estimate of drug-likeness (QED) is 0.693. The molecule has 150 valence electrons. The minimum Gasteiger partial charge on any atom is -0.483 e. The van der Waals surface area contributed by atoms with Gasteiger partial charge >= 0.3 is 0 Å². The number of likely N-dealkylation sites (tertiary alicyclic amines) is 1.